The Morgan fingerprint density at radius 1 is 1.75 bits per heavy atom. The van der Waals surface area contributed by atoms with Gasteiger partial charge in [0.2, 0.25) is 5.88 Å². The molecule has 0 bridgehead atoms. The van der Waals surface area contributed by atoms with Crippen molar-refractivity contribution in [1.29, 1.82) is 5.26 Å². The summed E-state index contributed by atoms with van der Waals surface area (Å²) in [5, 5.41) is 11.6. The summed E-state index contributed by atoms with van der Waals surface area (Å²) >= 11 is 0. The van der Waals surface area contributed by atoms with E-state index in [4.69, 9.17) is 15.4 Å². The fourth-order valence-electron chi connectivity index (χ4n) is 0.855. The molecule has 1 heterocycles. The van der Waals surface area contributed by atoms with Crippen LogP contribution in [0.3, 0.4) is 0 Å². The van der Waals surface area contributed by atoms with Crippen LogP contribution in [0, 0.1) is 11.3 Å². The Balaban J connectivity index is 2.79. The van der Waals surface area contributed by atoms with E-state index in [0.29, 0.717) is 17.1 Å². The molecule has 0 fully saturated rings. The summed E-state index contributed by atoms with van der Waals surface area (Å²) in [4.78, 5) is 0. The SMILES string of the molecule is CCCNc1occ(N)c1C#N. The van der Waals surface area contributed by atoms with E-state index in [1.165, 1.54) is 6.26 Å². The minimum Gasteiger partial charge on any atom is -0.445 e. The van der Waals surface area contributed by atoms with Crippen LogP contribution in [0.25, 0.3) is 0 Å². The lowest BCUT2D eigenvalue weighted by atomic mass is 10.3. The maximum absolute atomic E-state index is 8.66. The van der Waals surface area contributed by atoms with Crippen molar-refractivity contribution in [3.8, 4) is 6.07 Å². The molecule has 64 valence electrons. The van der Waals surface area contributed by atoms with Gasteiger partial charge in [-0.2, -0.15) is 5.26 Å². The summed E-state index contributed by atoms with van der Waals surface area (Å²) in [6.45, 7) is 2.81. The van der Waals surface area contributed by atoms with Gasteiger partial charge in [-0.15, -0.1) is 0 Å². The molecule has 0 saturated carbocycles. The number of hydrogen-bond acceptors (Lipinski definition) is 4. The Bertz CT molecular complexity index is 298. The van der Waals surface area contributed by atoms with E-state index in [1.54, 1.807) is 0 Å². The van der Waals surface area contributed by atoms with Crippen molar-refractivity contribution < 1.29 is 4.42 Å². The van der Waals surface area contributed by atoms with Gasteiger partial charge in [-0.1, -0.05) is 6.92 Å². The maximum Gasteiger partial charge on any atom is 0.212 e. The van der Waals surface area contributed by atoms with Gasteiger partial charge in [0.15, 0.2) is 0 Å². The smallest absolute Gasteiger partial charge is 0.212 e. The molecule has 0 saturated heterocycles. The molecule has 0 aliphatic heterocycles. The number of nitrogens with zero attached hydrogens (tertiary/aromatic N) is 1. The molecule has 1 aromatic heterocycles. The standard InChI is InChI=1S/C8H11N3O/c1-2-3-11-8-6(4-9)7(10)5-12-8/h5,11H,2-3,10H2,1H3. The van der Waals surface area contributed by atoms with E-state index in [0.717, 1.165) is 13.0 Å². The van der Waals surface area contributed by atoms with E-state index in [-0.39, 0.29) is 0 Å². The molecule has 0 aliphatic carbocycles. The van der Waals surface area contributed by atoms with Gasteiger partial charge in [-0.25, -0.2) is 0 Å². The third-order valence-electron chi connectivity index (χ3n) is 1.47. The van der Waals surface area contributed by atoms with Crippen LogP contribution in [0.5, 0.6) is 0 Å². The van der Waals surface area contributed by atoms with E-state index >= 15 is 0 Å². The highest BCUT2D eigenvalue weighted by Crippen LogP contribution is 2.22. The molecular formula is C8H11N3O. The highest BCUT2D eigenvalue weighted by Gasteiger charge is 2.09. The number of nitrogens with two attached hydrogens (primary N) is 1. The van der Waals surface area contributed by atoms with Crippen molar-refractivity contribution in [2.45, 2.75) is 13.3 Å². The Labute approximate surface area is 71.0 Å². The predicted octanol–water partition coefficient (Wildman–Crippen LogP) is 1.56. The first-order chi connectivity index (χ1) is 5.79. The van der Waals surface area contributed by atoms with Crippen LogP contribution in [0.1, 0.15) is 18.9 Å². The molecule has 3 N–H and O–H groups in total. The number of anilines is 2. The van der Waals surface area contributed by atoms with E-state index < -0.39 is 0 Å². The molecule has 0 atom stereocenters. The van der Waals surface area contributed by atoms with Crippen LogP contribution >= 0.6 is 0 Å². The molecule has 1 aromatic rings. The van der Waals surface area contributed by atoms with Gasteiger partial charge in [0.1, 0.15) is 17.9 Å². The van der Waals surface area contributed by atoms with Crippen LogP contribution in [-0.2, 0) is 0 Å². The molecule has 0 aliphatic rings. The van der Waals surface area contributed by atoms with Crippen molar-refractivity contribution in [1.82, 2.24) is 0 Å². The third-order valence-corrected chi connectivity index (χ3v) is 1.47. The lowest BCUT2D eigenvalue weighted by Crippen LogP contribution is -2.00. The highest BCUT2D eigenvalue weighted by molar-refractivity contribution is 5.64. The van der Waals surface area contributed by atoms with Gasteiger partial charge in [-0.3, -0.25) is 0 Å². The van der Waals surface area contributed by atoms with Crippen molar-refractivity contribution >= 4 is 11.6 Å². The topological polar surface area (TPSA) is 75.0 Å². The largest absolute Gasteiger partial charge is 0.445 e. The molecule has 0 spiro atoms. The molecule has 12 heavy (non-hydrogen) atoms. The number of hydrogen-bond donors (Lipinski definition) is 2. The Morgan fingerprint density at radius 3 is 3.08 bits per heavy atom. The second-order valence-corrected chi connectivity index (χ2v) is 2.43. The van der Waals surface area contributed by atoms with Crippen molar-refractivity contribution in [3.05, 3.63) is 11.8 Å². The quantitative estimate of drug-likeness (QED) is 0.712. The number of nitriles is 1. The van der Waals surface area contributed by atoms with Crippen LogP contribution < -0.4 is 11.1 Å². The second kappa shape index (κ2) is 3.67. The Hall–Kier alpha value is -1.63. The maximum atomic E-state index is 8.66. The van der Waals surface area contributed by atoms with Crippen LogP contribution in [0.4, 0.5) is 11.6 Å². The molecule has 0 radical (unpaired) electrons. The van der Waals surface area contributed by atoms with Crippen molar-refractivity contribution in [2.24, 2.45) is 0 Å². The fourth-order valence-corrected chi connectivity index (χ4v) is 0.855. The summed E-state index contributed by atoms with van der Waals surface area (Å²) in [5.74, 6) is 0.469. The summed E-state index contributed by atoms with van der Waals surface area (Å²) in [6, 6.07) is 1.97. The van der Waals surface area contributed by atoms with Gasteiger partial charge in [-0.05, 0) is 6.42 Å². The van der Waals surface area contributed by atoms with Crippen molar-refractivity contribution in [3.63, 3.8) is 0 Å². The number of furan rings is 1. The fraction of sp³-hybridized carbons (Fsp3) is 0.375. The van der Waals surface area contributed by atoms with Gasteiger partial charge < -0.3 is 15.5 Å². The van der Waals surface area contributed by atoms with Crippen LogP contribution in [-0.4, -0.2) is 6.54 Å². The molecule has 0 aromatic carbocycles. The molecule has 0 unspecified atom stereocenters. The number of rotatable bonds is 3. The molecular weight excluding hydrogens is 154 g/mol. The first kappa shape index (κ1) is 8.47. The van der Waals surface area contributed by atoms with Crippen LogP contribution in [0.15, 0.2) is 10.7 Å². The van der Waals surface area contributed by atoms with E-state index in [9.17, 15) is 0 Å². The summed E-state index contributed by atoms with van der Waals surface area (Å²) < 4.78 is 5.03. The Kier molecular flexibility index (Phi) is 2.59. The monoisotopic (exact) mass is 165 g/mol. The van der Waals surface area contributed by atoms with E-state index in [1.807, 2.05) is 13.0 Å². The predicted molar refractivity (Wildman–Crippen MR) is 46.6 cm³/mol. The van der Waals surface area contributed by atoms with Gasteiger partial charge in [0.25, 0.3) is 0 Å². The minimum atomic E-state index is 0.385. The first-order valence-electron chi connectivity index (χ1n) is 3.80. The van der Waals surface area contributed by atoms with Crippen molar-refractivity contribution in [2.75, 3.05) is 17.6 Å². The van der Waals surface area contributed by atoms with Gasteiger partial charge >= 0.3 is 0 Å². The highest BCUT2D eigenvalue weighted by atomic mass is 16.3. The lowest BCUT2D eigenvalue weighted by Gasteiger charge is -1.98. The third kappa shape index (κ3) is 1.51. The van der Waals surface area contributed by atoms with Gasteiger partial charge in [0.05, 0.1) is 5.69 Å². The summed E-state index contributed by atoms with van der Waals surface area (Å²) in [5.41, 5.74) is 6.24. The normalized spacial score (nSPS) is 9.33. The second-order valence-electron chi connectivity index (χ2n) is 2.43. The average Bonchev–Trinajstić information content (AvgIpc) is 2.43. The first-order valence-corrected chi connectivity index (χ1v) is 3.80. The lowest BCUT2D eigenvalue weighted by molar-refractivity contribution is 0.579. The number of nitrogens with one attached hydrogen (secondary N) is 1. The Morgan fingerprint density at radius 2 is 2.50 bits per heavy atom. The van der Waals surface area contributed by atoms with Crippen LogP contribution in [0.2, 0.25) is 0 Å². The van der Waals surface area contributed by atoms with E-state index in [2.05, 4.69) is 5.32 Å². The molecule has 0 amide bonds. The summed E-state index contributed by atoms with van der Waals surface area (Å²) in [6.07, 6.45) is 2.35. The minimum absolute atomic E-state index is 0.385. The molecule has 4 heteroatoms. The zero-order valence-corrected chi connectivity index (χ0v) is 6.92. The summed E-state index contributed by atoms with van der Waals surface area (Å²) in [7, 11) is 0. The molecule has 4 nitrogen and oxygen atoms in total. The van der Waals surface area contributed by atoms with Gasteiger partial charge in [0, 0.05) is 6.54 Å². The number of nitrogen functional groups attached to an aromatic ring is 1. The zero-order chi connectivity index (χ0) is 8.97. The molecule has 1 rings (SSSR count). The average molecular weight is 165 g/mol. The zero-order valence-electron chi connectivity index (χ0n) is 6.92.